The van der Waals surface area contributed by atoms with Crippen LogP contribution in [0.15, 0.2) is 72.3 Å². The van der Waals surface area contributed by atoms with E-state index in [2.05, 4.69) is 0 Å². The summed E-state index contributed by atoms with van der Waals surface area (Å²) in [5.41, 5.74) is 3.57. The first-order valence-electron chi connectivity index (χ1n) is 11.1. The van der Waals surface area contributed by atoms with Gasteiger partial charge in [-0.05, 0) is 60.9 Å². The molecule has 4 rings (SSSR count). The largest absolute Gasteiger partial charge is 0.507 e. The smallest absolute Gasteiger partial charge is 0.300 e. The van der Waals surface area contributed by atoms with E-state index in [1.165, 1.54) is 12.0 Å². The van der Waals surface area contributed by atoms with Crippen LogP contribution in [0.2, 0.25) is 0 Å². The van der Waals surface area contributed by atoms with Gasteiger partial charge in [0.2, 0.25) is 0 Å². The Hall–Kier alpha value is -4.06. The molecule has 6 nitrogen and oxygen atoms in total. The van der Waals surface area contributed by atoms with Crippen LogP contribution in [0, 0.1) is 6.92 Å². The number of benzene rings is 3. The molecule has 1 N–H and O–H groups in total. The highest BCUT2D eigenvalue weighted by Gasteiger charge is 2.47. The first kappa shape index (κ1) is 23.1. The van der Waals surface area contributed by atoms with Crippen molar-refractivity contribution in [1.82, 2.24) is 0 Å². The maximum Gasteiger partial charge on any atom is 0.300 e. The number of anilines is 1. The minimum absolute atomic E-state index is 0.00159. The van der Waals surface area contributed by atoms with Crippen molar-refractivity contribution in [3.63, 3.8) is 0 Å². The molecular weight excluding hydrogens is 430 g/mol. The lowest BCUT2D eigenvalue weighted by molar-refractivity contribution is -0.132. The number of rotatable bonds is 6. The Bertz CT molecular complexity index is 1280. The second kappa shape index (κ2) is 9.43. The van der Waals surface area contributed by atoms with Crippen molar-refractivity contribution in [2.45, 2.75) is 26.3 Å². The van der Waals surface area contributed by atoms with Crippen LogP contribution in [0.5, 0.6) is 11.5 Å². The fraction of sp³-hybridized carbons (Fsp3) is 0.214. The van der Waals surface area contributed by atoms with Gasteiger partial charge >= 0.3 is 0 Å². The lowest BCUT2D eigenvalue weighted by atomic mass is 9.94. The molecule has 3 aromatic rings. The van der Waals surface area contributed by atoms with Crippen molar-refractivity contribution in [3.8, 4) is 11.5 Å². The maximum atomic E-state index is 13.4. The summed E-state index contributed by atoms with van der Waals surface area (Å²) in [5.74, 6) is -0.748. The number of methoxy groups -OCH3 is 2. The maximum absolute atomic E-state index is 13.4. The average molecular weight is 458 g/mol. The predicted octanol–water partition coefficient (Wildman–Crippen LogP) is 5.20. The number of ether oxygens (including phenoxy) is 2. The van der Waals surface area contributed by atoms with Gasteiger partial charge in [0.05, 0.1) is 31.4 Å². The Kier molecular flexibility index (Phi) is 6.41. The fourth-order valence-corrected chi connectivity index (χ4v) is 4.27. The second-order valence-electron chi connectivity index (χ2n) is 8.17. The summed E-state index contributed by atoms with van der Waals surface area (Å²) >= 11 is 0. The molecular formula is C28H27NO5. The van der Waals surface area contributed by atoms with Gasteiger partial charge < -0.3 is 14.6 Å². The summed E-state index contributed by atoms with van der Waals surface area (Å²) in [6, 6.07) is 19.1. The number of amides is 1. The van der Waals surface area contributed by atoms with Crippen LogP contribution in [-0.2, 0) is 16.0 Å². The Morgan fingerprint density at radius 1 is 0.971 bits per heavy atom. The topological polar surface area (TPSA) is 76.1 Å². The van der Waals surface area contributed by atoms with Crippen molar-refractivity contribution in [2.75, 3.05) is 19.1 Å². The van der Waals surface area contributed by atoms with E-state index in [0.717, 1.165) is 17.5 Å². The van der Waals surface area contributed by atoms with Gasteiger partial charge in [0, 0.05) is 5.69 Å². The highest BCUT2D eigenvalue weighted by molar-refractivity contribution is 6.51. The Morgan fingerprint density at radius 3 is 2.35 bits per heavy atom. The number of Topliss-reactive ketones (excluding diaryl/α,β-unsaturated/α-hetero) is 1. The van der Waals surface area contributed by atoms with Crippen LogP contribution >= 0.6 is 0 Å². The van der Waals surface area contributed by atoms with Gasteiger partial charge in [-0.3, -0.25) is 14.5 Å². The first-order valence-corrected chi connectivity index (χ1v) is 11.1. The molecule has 0 spiro atoms. The normalized spacial score (nSPS) is 17.2. The molecule has 1 amide bonds. The SMILES string of the molecule is CCc1ccc(N2C(=O)C(=O)/C(=C(/O)c3cc(C)ccc3OC)C2c2cccc(OC)c2)cc1. The predicted molar refractivity (Wildman–Crippen MR) is 131 cm³/mol. The summed E-state index contributed by atoms with van der Waals surface area (Å²) < 4.78 is 10.8. The van der Waals surface area contributed by atoms with Gasteiger partial charge in [-0.1, -0.05) is 42.8 Å². The van der Waals surface area contributed by atoms with E-state index < -0.39 is 17.7 Å². The van der Waals surface area contributed by atoms with Crippen molar-refractivity contribution in [1.29, 1.82) is 0 Å². The quantitative estimate of drug-likeness (QED) is 0.313. The number of aliphatic hydroxyl groups excluding tert-OH is 1. The lowest BCUT2D eigenvalue weighted by Crippen LogP contribution is -2.29. The monoisotopic (exact) mass is 457 g/mol. The minimum atomic E-state index is -0.840. The molecule has 0 bridgehead atoms. The van der Waals surface area contributed by atoms with Crippen LogP contribution in [0.3, 0.4) is 0 Å². The molecule has 3 aromatic carbocycles. The number of hydrogen-bond acceptors (Lipinski definition) is 5. The zero-order chi connectivity index (χ0) is 24.4. The molecule has 1 aliphatic rings. The van der Waals surface area contributed by atoms with Crippen molar-refractivity contribution < 1.29 is 24.2 Å². The molecule has 1 saturated heterocycles. The van der Waals surface area contributed by atoms with Gasteiger partial charge in [0.25, 0.3) is 11.7 Å². The standard InChI is InChI=1S/C28H27NO5/c1-5-18-10-12-20(13-11-18)29-25(19-7-6-8-21(16-19)33-3)24(27(31)28(29)32)26(30)22-15-17(2)9-14-23(22)34-4/h6-16,25,30H,5H2,1-4H3/b26-24+. The van der Waals surface area contributed by atoms with Crippen LogP contribution in [0.1, 0.15) is 35.2 Å². The molecule has 0 aliphatic carbocycles. The number of hydrogen-bond donors (Lipinski definition) is 1. The number of aliphatic hydroxyl groups is 1. The first-order chi connectivity index (χ1) is 16.4. The zero-order valence-electron chi connectivity index (χ0n) is 19.7. The van der Waals surface area contributed by atoms with E-state index in [-0.39, 0.29) is 11.3 Å². The molecule has 1 fully saturated rings. The van der Waals surface area contributed by atoms with E-state index >= 15 is 0 Å². The van der Waals surface area contributed by atoms with Crippen molar-refractivity contribution in [3.05, 3.63) is 94.6 Å². The van der Waals surface area contributed by atoms with Gasteiger partial charge in [-0.25, -0.2) is 0 Å². The number of nitrogens with zero attached hydrogens (tertiary/aromatic N) is 1. The molecule has 1 aliphatic heterocycles. The van der Waals surface area contributed by atoms with E-state index in [4.69, 9.17) is 9.47 Å². The summed E-state index contributed by atoms with van der Waals surface area (Å²) in [6.45, 7) is 3.93. The molecule has 174 valence electrons. The highest BCUT2D eigenvalue weighted by Crippen LogP contribution is 2.44. The number of ketones is 1. The van der Waals surface area contributed by atoms with Gasteiger partial charge in [-0.15, -0.1) is 0 Å². The Morgan fingerprint density at radius 2 is 1.71 bits per heavy atom. The third-order valence-electron chi connectivity index (χ3n) is 6.09. The van der Waals surface area contributed by atoms with Crippen LogP contribution < -0.4 is 14.4 Å². The van der Waals surface area contributed by atoms with E-state index in [1.807, 2.05) is 50.2 Å². The fourth-order valence-electron chi connectivity index (χ4n) is 4.27. The second-order valence-corrected chi connectivity index (χ2v) is 8.17. The van der Waals surface area contributed by atoms with Crippen LogP contribution in [-0.4, -0.2) is 31.0 Å². The highest BCUT2D eigenvalue weighted by atomic mass is 16.5. The number of aryl methyl sites for hydroxylation is 2. The molecule has 6 heteroatoms. The van der Waals surface area contributed by atoms with Crippen LogP contribution in [0.4, 0.5) is 5.69 Å². The lowest BCUT2D eigenvalue weighted by Gasteiger charge is -2.26. The summed E-state index contributed by atoms with van der Waals surface area (Å²) in [5, 5.41) is 11.4. The molecule has 1 atom stereocenters. The molecule has 0 aromatic heterocycles. The van der Waals surface area contributed by atoms with Crippen molar-refractivity contribution in [2.24, 2.45) is 0 Å². The molecule has 1 unspecified atom stereocenters. The zero-order valence-corrected chi connectivity index (χ0v) is 19.7. The number of carbonyl (C=O) groups is 2. The van der Waals surface area contributed by atoms with Gasteiger partial charge in [0.1, 0.15) is 17.3 Å². The van der Waals surface area contributed by atoms with E-state index in [9.17, 15) is 14.7 Å². The van der Waals surface area contributed by atoms with Gasteiger partial charge in [0.15, 0.2) is 0 Å². The Labute approximate surface area is 199 Å². The average Bonchev–Trinajstić information content (AvgIpc) is 3.14. The molecule has 0 radical (unpaired) electrons. The Balaban J connectivity index is 1.97. The molecule has 1 heterocycles. The minimum Gasteiger partial charge on any atom is -0.507 e. The van der Waals surface area contributed by atoms with Crippen molar-refractivity contribution >= 4 is 23.1 Å². The van der Waals surface area contributed by atoms with E-state index in [0.29, 0.717) is 28.3 Å². The summed E-state index contributed by atoms with van der Waals surface area (Å²) in [6.07, 6.45) is 0.853. The third kappa shape index (κ3) is 4.03. The number of carbonyl (C=O) groups excluding carboxylic acids is 2. The van der Waals surface area contributed by atoms with E-state index in [1.54, 1.807) is 37.4 Å². The summed E-state index contributed by atoms with van der Waals surface area (Å²) in [7, 11) is 3.05. The molecule has 0 saturated carbocycles. The van der Waals surface area contributed by atoms with Crippen LogP contribution in [0.25, 0.3) is 5.76 Å². The van der Waals surface area contributed by atoms with Gasteiger partial charge in [-0.2, -0.15) is 0 Å². The summed E-state index contributed by atoms with van der Waals surface area (Å²) in [4.78, 5) is 28.1. The third-order valence-corrected chi connectivity index (χ3v) is 6.09. The molecule has 34 heavy (non-hydrogen) atoms.